The van der Waals surface area contributed by atoms with E-state index in [-0.39, 0.29) is 31.1 Å². The van der Waals surface area contributed by atoms with Gasteiger partial charge in [-0.15, -0.1) is 0 Å². The molecule has 478 valence electrons. The Balaban J connectivity index is 4.27. The number of hydrogen-bond donors (Lipinski definition) is 0. The minimum Gasteiger partial charge on any atom is -0.462 e. The van der Waals surface area contributed by atoms with Crippen molar-refractivity contribution in [3.05, 3.63) is 97.2 Å². The smallest absolute Gasteiger partial charge is 0.306 e. The van der Waals surface area contributed by atoms with Crippen LogP contribution in [0.1, 0.15) is 355 Å². The van der Waals surface area contributed by atoms with E-state index in [1.807, 2.05) is 0 Å². The van der Waals surface area contributed by atoms with Gasteiger partial charge in [0.2, 0.25) is 0 Å². The Morgan fingerprint density at radius 1 is 0.253 bits per heavy atom. The van der Waals surface area contributed by atoms with Gasteiger partial charge in [-0.3, -0.25) is 14.4 Å². The molecule has 0 aromatic carbocycles. The second-order valence-corrected chi connectivity index (χ2v) is 23.8. The van der Waals surface area contributed by atoms with Crippen LogP contribution in [0.5, 0.6) is 0 Å². The van der Waals surface area contributed by atoms with E-state index in [4.69, 9.17) is 14.2 Å². The van der Waals surface area contributed by atoms with Crippen LogP contribution in [-0.2, 0) is 28.6 Å². The minimum absolute atomic E-state index is 0.0816. The van der Waals surface area contributed by atoms with E-state index in [1.165, 1.54) is 199 Å². The van der Waals surface area contributed by atoms with E-state index in [0.29, 0.717) is 19.3 Å². The Morgan fingerprint density at radius 2 is 0.494 bits per heavy atom. The summed E-state index contributed by atoms with van der Waals surface area (Å²) in [5.41, 5.74) is 0. The molecule has 0 bridgehead atoms. The van der Waals surface area contributed by atoms with Gasteiger partial charge in [-0.25, -0.2) is 0 Å². The first-order valence-corrected chi connectivity index (χ1v) is 35.7. The van der Waals surface area contributed by atoms with Crippen LogP contribution in [0, 0.1) is 0 Å². The predicted molar refractivity (Wildman–Crippen MR) is 362 cm³/mol. The van der Waals surface area contributed by atoms with Crippen molar-refractivity contribution in [1.82, 2.24) is 0 Å². The molecule has 6 nitrogen and oxygen atoms in total. The second-order valence-electron chi connectivity index (χ2n) is 23.8. The molecule has 0 aromatic heterocycles. The molecule has 0 aliphatic carbocycles. The fourth-order valence-corrected chi connectivity index (χ4v) is 10.2. The minimum atomic E-state index is -0.786. The Bertz CT molecular complexity index is 1610. The molecule has 83 heavy (non-hydrogen) atoms. The van der Waals surface area contributed by atoms with Gasteiger partial charge in [-0.1, -0.05) is 317 Å². The third kappa shape index (κ3) is 69.0. The molecule has 0 amide bonds. The Hall–Kier alpha value is -3.67. The SMILES string of the molecule is CC/C=C\C/C=C\C/C=C\C/C=C\C/C=C\CCCCCCCCCCCCCC(=O)OCC(COC(=O)CCCCCCC/C=C\C/C=C\CCC)OC(=O)CCCCCCCCCCCCCCC/C=C\CCCCCCCCCC. The average molecular weight is 1160 g/mol. The van der Waals surface area contributed by atoms with Crippen LogP contribution < -0.4 is 0 Å². The van der Waals surface area contributed by atoms with E-state index in [1.54, 1.807) is 0 Å². The van der Waals surface area contributed by atoms with Crippen molar-refractivity contribution in [1.29, 1.82) is 0 Å². The summed E-state index contributed by atoms with van der Waals surface area (Å²) in [5, 5.41) is 0. The van der Waals surface area contributed by atoms with Crippen molar-refractivity contribution >= 4 is 17.9 Å². The molecule has 0 fully saturated rings. The highest BCUT2D eigenvalue weighted by Gasteiger charge is 2.19. The first kappa shape index (κ1) is 79.3. The van der Waals surface area contributed by atoms with Crippen molar-refractivity contribution in [3.8, 4) is 0 Å². The lowest BCUT2D eigenvalue weighted by Gasteiger charge is -2.18. The fourth-order valence-electron chi connectivity index (χ4n) is 10.2. The molecule has 0 saturated heterocycles. The summed E-state index contributed by atoms with van der Waals surface area (Å²) >= 11 is 0. The largest absolute Gasteiger partial charge is 0.462 e. The van der Waals surface area contributed by atoms with Gasteiger partial charge in [-0.05, 0) is 116 Å². The van der Waals surface area contributed by atoms with Gasteiger partial charge in [0.05, 0.1) is 0 Å². The number of hydrogen-bond acceptors (Lipinski definition) is 6. The number of carbonyl (C=O) groups excluding carboxylic acids is 3. The third-order valence-electron chi connectivity index (χ3n) is 15.5. The van der Waals surface area contributed by atoms with E-state index in [0.717, 1.165) is 116 Å². The van der Waals surface area contributed by atoms with Crippen molar-refractivity contribution in [2.75, 3.05) is 13.2 Å². The van der Waals surface area contributed by atoms with Crippen molar-refractivity contribution < 1.29 is 28.6 Å². The van der Waals surface area contributed by atoms with Gasteiger partial charge in [0, 0.05) is 19.3 Å². The fraction of sp³-hybridized carbons (Fsp3) is 0.753. The van der Waals surface area contributed by atoms with Crippen molar-refractivity contribution in [2.45, 2.75) is 361 Å². The molecule has 0 radical (unpaired) electrons. The highest BCUT2D eigenvalue weighted by Crippen LogP contribution is 2.17. The average Bonchev–Trinajstić information content (AvgIpc) is 3.49. The highest BCUT2D eigenvalue weighted by molar-refractivity contribution is 5.71. The van der Waals surface area contributed by atoms with Crippen LogP contribution in [0.15, 0.2) is 97.2 Å². The molecule has 0 rings (SSSR count). The van der Waals surface area contributed by atoms with Crippen LogP contribution in [0.2, 0.25) is 0 Å². The number of allylic oxidation sites excluding steroid dienone is 16. The molecule has 0 aliphatic rings. The van der Waals surface area contributed by atoms with Gasteiger partial charge in [0.25, 0.3) is 0 Å². The summed E-state index contributed by atoms with van der Waals surface area (Å²) in [6.45, 7) is 6.49. The van der Waals surface area contributed by atoms with Gasteiger partial charge in [-0.2, -0.15) is 0 Å². The molecule has 0 aromatic rings. The summed E-state index contributed by atoms with van der Waals surface area (Å²) in [6, 6.07) is 0. The Labute approximate surface area is 515 Å². The first-order valence-electron chi connectivity index (χ1n) is 35.7. The molecule has 1 unspecified atom stereocenters. The zero-order chi connectivity index (χ0) is 59.9. The molecule has 0 spiro atoms. The normalized spacial score (nSPS) is 12.7. The van der Waals surface area contributed by atoms with Crippen LogP contribution in [-0.4, -0.2) is 37.2 Å². The van der Waals surface area contributed by atoms with E-state index >= 15 is 0 Å². The van der Waals surface area contributed by atoms with Crippen LogP contribution in [0.25, 0.3) is 0 Å². The Morgan fingerprint density at radius 3 is 0.795 bits per heavy atom. The van der Waals surface area contributed by atoms with E-state index in [9.17, 15) is 14.4 Å². The van der Waals surface area contributed by atoms with Gasteiger partial charge in [0.1, 0.15) is 13.2 Å². The summed E-state index contributed by atoms with van der Waals surface area (Å²) in [4.78, 5) is 38.4. The second kappa shape index (κ2) is 70.8. The molecular weight excluding hydrogens is 1020 g/mol. The van der Waals surface area contributed by atoms with Crippen LogP contribution in [0.3, 0.4) is 0 Å². The molecule has 0 aliphatic heterocycles. The lowest BCUT2D eigenvalue weighted by molar-refractivity contribution is -0.167. The maximum absolute atomic E-state index is 13.0. The van der Waals surface area contributed by atoms with E-state index in [2.05, 4.69) is 118 Å². The zero-order valence-corrected chi connectivity index (χ0v) is 54.9. The molecule has 0 saturated carbocycles. The zero-order valence-electron chi connectivity index (χ0n) is 54.9. The first-order chi connectivity index (χ1) is 41.0. The quantitative estimate of drug-likeness (QED) is 0.0261. The number of carbonyl (C=O) groups is 3. The summed E-state index contributed by atoms with van der Waals surface area (Å²) in [6.07, 6.45) is 95.8. The number of esters is 3. The van der Waals surface area contributed by atoms with Crippen LogP contribution >= 0.6 is 0 Å². The number of rotatable bonds is 65. The highest BCUT2D eigenvalue weighted by atomic mass is 16.6. The molecule has 1 atom stereocenters. The van der Waals surface area contributed by atoms with Crippen molar-refractivity contribution in [3.63, 3.8) is 0 Å². The summed E-state index contributed by atoms with van der Waals surface area (Å²) in [5.74, 6) is -0.883. The topological polar surface area (TPSA) is 78.9 Å². The molecule has 6 heteroatoms. The number of ether oxygens (including phenoxy) is 3. The van der Waals surface area contributed by atoms with E-state index < -0.39 is 6.10 Å². The molecule has 0 heterocycles. The van der Waals surface area contributed by atoms with Gasteiger partial charge >= 0.3 is 17.9 Å². The lowest BCUT2D eigenvalue weighted by atomic mass is 10.0. The lowest BCUT2D eigenvalue weighted by Crippen LogP contribution is -2.30. The molecular formula is C77H134O6. The molecule has 0 N–H and O–H groups in total. The maximum Gasteiger partial charge on any atom is 0.306 e. The third-order valence-corrected chi connectivity index (χ3v) is 15.5. The predicted octanol–water partition coefficient (Wildman–Crippen LogP) is 24.8. The van der Waals surface area contributed by atoms with Gasteiger partial charge < -0.3 is 14.2 Å². The maximum atomic E-state index is 13.0. The summed E-state index contributed by atoms with van der Waals surface area (Å²) in [7, 11) is 0. The van der Waals surface area contributed by atoms with Crippen molar-refractivity contribution in [2.24, 2.45) is 0 Å². The summed E-state index contributed by atoms with van der Waals surface area (Å²) < 4.78 is 17.0. The standard InChI is InChI=1S/C77H134O6/c1-4-7-10-13-16-19-22-25-27-29-31-33-35-37-38-40-41-43-45-47-49-52-55-58-61-64-67-70-76(79)82-73-74(72-81-75(78)69-66-63-60-57-54-51-24-21-18-15-12-9-6-3)83-77(80)71-68-65-62-59-56-53-50-48-46-44-42-39-36-34-32-30-28-26-23-20-17-14-11-8-5-2/h7,10,12,15-16,19,21,24-25,27,30-33,37-38,74H,4-6,8-9,11,13-14,17-18,20,22-23,26,28-29,34-36,39-73H2,1-3H3/b10-7-,15-12-,19-16-,24-21-,27-25-,32-30-,33-31-,38-37-. The Kier molecular flexibility index (Phi) is 67.7. The number of unbranched alkanes of at least 4 members (excludes halogenated alkanes) is 38. The van der Waals surface area contributed by atoms with Gasteiger partial charge in [0.15, 0.2) is 6.10 Å². The van der Waals surface area contributed by atoms with Crippen LogP contribution in [0.4, 0.5) is 0 Å². The monoisotopic (exact) mass is 1160 g/mol.